The van der Waals surface area contributed by atoms with Crippen LogP contribution >= 0.6 is 22.7 Å². The largest absolute Gasteiger partial charge is 0.453 e. The van der Waals surface area contributed by atoms with E-state index in [2.05, 4.69) is 4.98 Å². The summed E-state index contributed by atoms with van der Waals surface area (Å²) in [4.78, 5) is 28.9. The Morgan fingerprint density at radius 1 is 1.26 bits per heavy atom. The summed E-state index contributed by atoms with van der Waals surface area (Å²) in [6, 6.07) is 5.24. The molecule has 0 fully saturated rings. The van der Waals surface area contributed by atoms with Crippen LogP contribution in [0.1, 0.15) is 31.4 Å². The smallest absolute Gasteiger partial charge is 0.348 e. The summed E-state index contributed by atoms with van der Waals surface area (Å²) in [5.74, 6) is -0.687. The second-order valence-electron chi connectivity index (χ2n) is 4.91. The topological polar surface area (TPSA) is 61.2 Å². The van der Waals surface area contributed by atoms with Gasteiger partial charge in [0.2, 0.25) is 5.78 Å². The lowest BCUT2D eigenvalue weighted by molar-refractivity contribution is 0.0479. The van der Waals surface area contributed by atoms with E-state index in [4.69, 9.17) is 4.74 Å². The number of Topliss-reactive ketones (excluding diaryl/α,β-unsaturated/α-hetero) is 1. The van der Waals surface area contributed by atoms with Gasteiger partial charge in [-0.15, -0.1) is 22.7 Å². The second-order valence-corrected chi connectivity index (χ2v) is 6.73. The van der Waals surface area contributed by atoms with Crippen LogP contribution in [0, 0.1) is 13.8 Å². The van der Waals surface area contributed by atoms with E-state index >= 15 is 0 Å². The van der Waals surface area contributed by atoms with Crippen LogP contribution in [0.15, 0.2) is 35.2 Å². The third-order valence-corrected chi connectivity index (χ3v) is 5.01. The zero-order valence-electron chi connectivity index (χ0n) is 12.6. The summed E-state index contributed by atoms with van der Waals surface area (Å²) in [6.07, 6.45) is 1.73. The zero-order valence-corrected chi connectivity index (χ0v) is 14.2. The quantitative estimate of drug-likeness (QED) is 0.522. The van der Waals surface area contributed by atoms with Gasteiger partial charge in [0.1, 0.15) is 4.88 Å². The maximum atomic E-state index is 12.4. The highest BCUT2D eigenvalue weighted by atomic mass is 32.1. The first kappa shape index (κ1) is 15.6. The molecular weight excluding hydrogens is 332 g/mol. The van der Waals surface area contributed by atoms with Crippen LogP contribution < -0.4 is 0 Å². The number of esters is 1. The SMILES string of the molecule is Cc1cc(C(=O)COC(=O)c2cccs2)c(C)n1-c1nccs1. The molecule has 0 radical (unpaired) electrons. The van der Waals surface area contributed by atoms with Crippen LogP contribution in [0.2, 0.25) is 0 Å². The maximum absolute atomic E-state index is 12.4. The molecule has 0 spiro atoms. The maximum Gasteiger partial charge on any atom is 0.348 e. The fraction of sp³-hybridized carbons (Fsp3) is 0.188. The molecule has 0 aliphatic rings. The first-order chi connectivity index (χ1) is 11.1. The molecule has 7 heteroatoms. The minimum Gasteiger partial charge on any atom is -0.453 e. The molecule has 3 aromatic rings. The van der Waals surface area contributed by atoms with E-state index in [1.165, 1.54) is 22.7 Å². The van der Waals surface area contributed by atoms with Crippen molar-refractivity contribution in [2.75, 3.05) is 6.61 Å². The van der Waals surface area contributed by atoms with E-state index in [-0.39, 0.29) is 12.4 Å². The summed E-state index contributed by atoms with van der Waals surface area (Å²) in [7, 11) is 0. The fourth-order valence-corrected chi connectivity index (χ4v) is 3.71. The van der Waals surface area contributed by atoms with Crippen molar-refractivity contribution in [3.63, 3.8) is 0 Å². The Hall–Kier alpha value is -2.25. The van der Waals surface area contributed by atoms with E-state index in [1.54, 1.807) is 29.8 Å². The molecule has 0 aromatic carbocycles. The molecule has 0 amide bonds. The molecule has 118 valence electrons. The average Bonchev–Trinajstić information content (AvgIpc) is 3.25. The van der Waals surface area contributed by atoms with Crippen LogP contribution in [-0.2, 0) is 4.74 Å². The number of rotatable bonds is 5. The number of aromatic nitrogens is 2. The average molecular weight is 346 g/mol. The van der Waals surface area contributed by atoms with Crippen LogP contribution in [0.25, 0.3) is 5.13 Å². The minimum atomic E-state index is -0.470. The Morgan fingerprint density at radius 3 is 2.74 bits per heavy atom. The molecule has 0 N–H and O–H groups in total. The van der Waals surface area contributed by atoms with Gasteiger partial charge in [-0.25, -0.2) is 9.78 Å². The van der Waals surface area contributed by atoms with E-state index in [0.29, 0.717) is 10.4 Å². The molecular formula is C16H14N2O3S2. The molecule has 0 aliphatic heterocycles. The molecule has 0 unspecified atom stereocenters. The van der Waals surface area contributed by atoms with Crippen molar-refractivity contribution >= 4 is 34.4 Å². The van der Waals surface area contributed by atoms with Crippen LogP contribution in [0.5, 0.6) is 0 Å². The molecule has 5 nitrogen and oxygen atoms in total. The number of aryl methyl sites for hydroxylation is 1. The first-order valence-corrected chi connectivity index (χ1v) is 8.66. The van der Waals surface area contributed by atoms with Gasteiger partial charge in [-0.1, -0.05) is 6.07 Å². The molecule has 3 aromatic heterocycles. The lowest BCUT2D eigenvalue weighted by atomic mass is 10.1. The number of carbonyl (C=O) groups excluding carboxylic acids is 2. The van der Waals surface area contributed by atoms with Gasteiger partial charge < -0.3 is 4.74 Å². The normalized spacial score (nSPS) is 10.7. The molecule has 0 bridgehead atoms. The third kappa shape index (κ3) is 3.11. The van der Waals surface area contributed by atoms with Gasteiger partial charge in [-0.3, -0.25) is 9.36 Å². The standard InChI is InChI=1S/C16H14N2O3S2/c1-10-8-12(11(2)18(10)16-17-5-7-23-16)13(19)9-21-15(20)14-4-3-6-22-14/h3-8H,9H2,1-2H3. The number of thiazole rings is 1. The highest BCUT2D eigenvalue weighted by Gasteiger charge is 2.19. The number of ketones is 1. The highest BCUT2D eigenvalue weighted by Crippen LogP contribution is 2.22. The lowest BCUT2D eigenvalue weighted by Crippen LogP contribution is -2.14. The van der Waals surface area contributed by atoms with E-state index in [1.807, 2.05) is 23.8 Å². The van der Waals surface area contributed by atoms with Crippen molar-refractivity contribution in [3.8, 4) is 5.13 Å². The van der Waals surface area contributed by atoms with Crippen molar-refractivity contribution in [3.05, 3.63) is 57.0 Å². The van der Waals surface area contributed by atoms with Gasteiger partial charge in [-0.05, 0) is 31.4 Å². The van der Waals surface area contributed by atoms with Gasteiger partial charge >= 0.3 is 5.97 Å². The van der Waals surface area contributed by atoms with Gasteiger partial charge in [0.15, 0.2) is 11.7 Å². The van der Waals surface area contributed by atoms with Crippen LogP contribution in [-0.4, -0.2) is 27.9 Å². The Balaban J connectivity index is 1.76. The highest BCUT2D eigenvalue weighted by molar-refractivity contribution is 7.12. The summed E-state index contributed by atoms with van der Waals surface area (Å²) in [5.41, 5.74) is 2.27. The summed E-state index contributed by atoms with van der Waals surface area (Å²) in [6.45, 7) is 3.52. The van der Waals surface area contributed by atoms with Crippen molar-refractivity contribution < 1.29 is 14.3 Å². The Labute approximate surface area is 141 Å². The summed E-state index contributed by atoms with van der Waals surface area (Å²) < 4.78 is 7.03. The summed E-state index contributed by atoms with van der Waals surface area (Å²) in [5, 5.41) is 4.49. The van der Waals surface area contributed by atoms with Crippen molar-refractivity contribution in [2.24, 2.45) is 0 Å². The number of ether oxygens (including phenoxy) is 1. The minimum absolute atomic E-state index is 0.217. The fourth-order valence-electron chi connectivity index (χ4n) is 2.34. The van der Waals surface area contributed by atoms with Crippen molar-refractivity contribution in [1.29, 1.82) is 0 Å². The molecule has 0 atom stereocenters. The zero-order chi connectivity index (χ0) is 16.4. The van der Waals surface area contributed by atoms with Gasteiger partial charge in [-0.2, -0.15) is 0 Å². The van der Waals surface area contributed by atoms with E-state index < -0.39 is 5.97 Å². The van der Waals surface area contributed by atoms with E-state index in [9.17, 15) is 9.59 Å². The number of hydrogen-bond acceptors (Lipinski definition) is 6. The predicted molar refractivity (Wildman–Crippen MR) is 89.8 cm³/mol. The molecule has 0 saturated carbocycles. The lowest BCUT2D eigenvalue weighted by Gasteiger charge is -2.06. The van der Waals surface area contributed by atoms with Crippen molar-refractivity contribution in [2.45, 2.75) is 13.8 Å². The van der Waals surface area contributed by atoms with Gasteiger partial charge in [0.05, 0.1) is 0 Å². The molecule has 0 aliphatic carbocycles. The van der Waals surface area contributed by atoms with Crippen LogP contribution in [0.4, 0.5) is 0 Å². The van der Waals surface area contributed by atoms with Gasteiger partial charge in [0.25, 0.3) is 0 Å². The number of hydrogen-bond donors (Lipinski definition) is 0. The van der Waals surface area contributed by atoms with E-state index in [0.717, 1.165) is 16.5 Å². The number of thiophene rings is 1. The van der Waals surface area contributed by atoms with Gasteiger partial charge in [0, 0.05) is 28.5 Å². The number of nitrogens with zero attached hydrogens (tertiary/aromatic N) is 2. The Morgan fingerprint density at radius 2 is 2.09 bits per heavy atom. The van der Waals surface area contributed by atoms with Crippen LogP contribution in [0.3, 0.4) is 0 Å². The molecule has 3 heterocycles. The predicted octanol–water partition coefficient (Wildman–Crippen LogP) is 3.65. The Kier molecular flexibility index (Phi) is 4.40. The molecule has 0 saturated heterocycles. The summed E-state index contributed by atoms with van der Waals surface area (Å²) >= 11 is 2.79. The van der Waals surface area contributed by atoms with Crippen molar-refractivity contribution in [1.82, 2.24) is 9.55 Å². The molecule has 23 heavy (non-hydrogen) atoms. The second kappa shape index (κ2) is 6.47. The number of carbonyl (C=O) groups is 2. The Bertz CT molecular complexity index is 833. The first-order valence-electron chi connectivity index (χ1n) is 6.90. The third-order valence-electron chi connectivity index (χ3n) is 3.40. The molecule has 3 rings (SSSR count). The monoisotopic (exact) mass is 346 g/mol.